The first-order chi connectivity index (χ1) is 15.9. The minimum atomic E-state index is -3.65. The number of carbonyl (C=O) groups excluding carboxylic acids is 1. The summed E-state index contributed by atoms with van der Waals surface area (Å²) in [6.45, 7) is 0.997. The van der Waals surface area contributed by atoms with Crippen molar-refractivity contribution in [1.82, 2.24) is 14.5 Å². The first-order valence-corrected chi connectivity index (χ1v) is 13.3. The van der Waals surface area contributed by atoms with Crippen molar-refractivity contribution >= 4 is 45.0 Å². The number of benzene rings is 2. The van der Waals surface area contributed by atoms with Gasteiger partial charge in [-0.3, -0.25) is 4.79 Å². The molecule has 0 saturated carbocycles. The van der Waals surface area contributed by atoms with Crippen LogP contribution in [0.15, 0.2) is 63.1 Å². The number of nitrogens with one attached hydrogen (secondary N) is 1. The SMILES string of the molecule is O=C(CSc1nnc(-c2ccccc2)o1)Nc1cc(S(=O)(=O)N2CCCCCC2)ccc1Cl. The Labute approximate surface area is 201 Å². The van der Waals surface area contributed by atoms with Crippen molar-refractivity contribution in [2.45, 2.75) is 35.8 Å². The Kier molecular flexibility index (Phi) is 7.69. The Morgan fingerprint density at radius 3 is 2.52 bits per heavy atom. The number of nitrogens with zero attached hydrogens (tertiary/aromatic N) is 3. The largest absolute Gasteiger partial charge is 0.411 e. The van der Waals surface area contributed by atoms with E-state index < -0.39 is 10.0 Å². The number of thioether (sulfide) groups is 1. The van der Waals surface area contributed by atoms with Crippen LogP contribution in [-0.4, -0.2) is 47.7 Å². The molecule has 1 aliphatic heterocycles. The zero-order valence-electron chi connectivity index (χ0n) is 17.7. The van der Waals surface area contributed by atoms with Crippen LogP contribution < -0.4 is 5.32 Å². The third-order valence-electron chi connectivity index (χ3n) is 5.17. The predicted molar refractivity (Wildman–Crippen MR) is 128 cm³/mol. The van der Waals surface area contributed by atoms with Gasteiger partial charge in [-0.25, -0.2) is 8.42 Å². The number of rotatable bonds is 7. The molecule has 4 rings (SSSR count). The quantitative estimate of drug-likeness (QED) is 0.463. The van der Waals surface area contributed by atoms with Crippen molar-refractivity contribution in [2.24, 2.45) is 0 Å². The first kappa shape index (κ1) is 23.7. The van der Waals surface area contributed by atoms with Gasteiger partial charge in [-0.2, -0.15) is 4.31 Å². The van der Waals surface area contributed by atoms with Gasteiger partial charge in [0.25, 0.3) is 5.22 Å². The van der Waals surface area contributed by atoms with Gasteiger partial charge in [-0.05, 0) is 43.2 Å². The normalized spacial score (nSPS) is 15.2. The van der Waals surface area contributed by atoms with Crippen molar-refractivity contribution < 1.29 is 17.6 Å². The van der Waals surface area contributed by atoms with Gasteiger partial charge in [0.15, 0.2) is 0 Å². The molecule has 11 heteroatoms. The third kappa shape index (κ3) is 5.94. The van der Waals surface area contributed by atoms with E-state index in [1.54, 1.807) is 0 Å². The van der Waals surface area contributed by atoms with E-state index in [9.17, 15) is 13.2 Å². The Balaban J connectivity index is 1.40. The number of sulfonamides is 1. The van der Waals surface area contributed by atoms with Crippen molar-refractivity contribution in [1.29, 1.82) is 0 Å². The molecule has 0 bridgehead atoms. The fraction of sp³-hybridized carbons (Fsp3) is 0.318. The molecule has 0 unspecified atom stereocenters. The topological polar surface area (TPSA) is 105 Å². The minimum Gasteiger partial charge on any atom is -0.411 e. The molecule has 1 saturated heterocycles. The molecule has 174 valence electrons. The van der Waals surface area contributed by atoms with E-state index in [0.717, 1.165) is 43.0 Å². The molecule has 1 amide bonds. The number of aromatic nitrogens is 2. The van der Waals surface area contributed by atoms with Crippen LogP contribution in [0, 0.1) is 0 Å². The molecule has 0 spiro atoms. The summed E-state index contributed by atoms with van der Waals surface area (Å²) < 4.78 is 33.2. The van der Waals surface area contributed by atoms with Crippen molar-refractivity contribution in [3.8, 4) is 11.5 Å². The lowest BCUT2D eigenvalue weighted by Gasteiger charge is -2.20. The highest BCUT2D eigenvalue weighted by molar-refractivity contribution is 7.99. The molecule has 0 aliphatic carbocycles. The summed E-state index contributed by atoms with van der Waals surface area (Å²) >= 11 is 7.30. The average Bonchev–Trinajstić information content (AvgIpc) is 3.12. The monoisotopic (exact) mass is 506 g/mol. The lowest BCUT2D eigenvalue weighted by atomic mass is 10.2. The van der Waals surface area contributed by atoms with E-state index in [4.69, 9.17) is 16.0 Å². The second kappa shape index (κ2) is 10.7. The molecular weight excluding hydrogens is 484 g/mol. The maximum Gasteiger partial charge on any atom is 0.277 e. The second-order valence-electron chi connectivity index (χ2n) is 7.54. The van der Waals surface area contributed by atoms with E-state index in [2.05, 4.69) is 15.5 Å². The number of anilines is 1. The Morgan fingerprint density at radius 2 is 1.79 bits per heavy atom. The highest BCUT2D eigenvalue weighted by Gasteiger charge is 2.26. The molecular formula is C22H23ClN4O4S2. The molecule has 2 heterocycles. The van der Waals surface area contributed by atoms with Crippen molar-refractivity contribution in [2.75, 3.05) is 24.2 Å². The van der Waals surface area contributed by atoms with Crippen LogP contribution in [-0.2, 0) is 14.8 Å². The summed E-state index contributed by atoms with van der Waals surface area (Å²) in [7, 11) is -3.65. The number of amides is 1. The molecule has 33 heavy (non-hydrogen) atoms. The van der Waals surface area contributed by atoms with Gasteiger partial charge in [-0.1, -0.05) is 54.4 Å². The van der Waals surface area contributed by atoms with E-state index >= 15 is 0 Å². The van der Waals surface area contributed by atoms with Crippen LogP contribution in [0.5, 0.6) is 0 Å². The molecule has 1 aromatic heterocycles. The summed E-state index contributed by atoms with van der Waals surface area (Å²) in [5, 5.41) is 11.1. The number of halogens is 1. The van der Waals surface area contributed by atoms with Gasteiger partial charge < -0.3 is 9.73 Å². The van der Waals surface area contributed by atoms with E-state index in [-0.39, 0.29) is 32.5 Å². The van der Waals surface area contributed by atoms with Crippen LogP contribution in [0.3, 0.4) is 0 Å². The van der Waals surface area contributed by atoms with Gasteiger partial charge in [-0.15, -0.1) is 10.2 Å². The molecule has 3 aromatic rings. The lowest BCUT2D eigenvalue weighted by molar-refractivity contribution is -0.113. The lowest BCUT2D eigenvalue weighted by Crippen LogP contribution is -2.32. The van der Waals surface area contributed by atoms with Crippen molar-refractivity contribution in [3.63, 3.8) is 0 Å². The van der Waals surface area contributed by atoms with Crippen LogP contribution in [0.2, 0.25) is 5.02 Å². The number of hydrogen-bond donors (Lipinski definition) is 1. The molecule has 0 atom stereocenters. The van der Waals surface area contributed by atoms with Crippen molar-refractivity contribution in [3.05, 3.63) is 53.6 Å². The molecule has 8 nitrogen and oxygen atoms in total. The number of carbonyl (C=O) groups is 1. The number of hydrogen-bond acceptors (Lipinski definition) is 7. The zero-order valence-corrected chi connectivity index (χ0v) is 20.1. The van der Waals surface area contributed by atoms with E-state index in [0.29, 0.717) is 19.0 Å². The van der Waals surface area contributed by atoms with E-state index in [1.165, 1.54) is 22.5 Å². The van der Waals surface area contributed by atoms with Crippen LogP contribution in [0.25, 0.3) is 11.5 Å². The Morgan fingerprint density at radius 1 is 1.06 bits per heavy atom. The Hall–Kier alpha value is -2.40. The molecule has 1 fully saturated rings. The van der Waals surface area contributed by atoms with Gasteiger partial charge in [0.1, 0.15) is 0 Å². The second-order valence-corrected chi connectivity index (χ2v) is 10.8. The van der Waals surface area contributed by atoms with Crippen LogP contribution in [0.1, 0.15) is 25.7 Å². The maximum atomic E-state index is 13.1. The Bertz CT molecular complexity index is 1210. The van der Waals surface area contributed by atoms with Gasteiger partial charge in [0.2, 0.25) is 21.8 Å². The van der Waals surface area contributed by atoms with Gasteiger partial charge >= 0.3 is 0 Å². The average molecular weight is 507 g/mol. The highest BCUT2D eigenvalue weighted by atomic mass is 35.5. The molecule has 2 aromatic carbocycles. The summed E-state index contributed by atoms with van der Waals surface area (Å²) in [4.78, 5) is 12.6. The summed E-state index contributed by atoms with van der Waals surface area (Å²) in [5.74, 6) is -0.00536. The van der Waals surface area contributed by atoms with Gasteiger partial charge in [0.05, 0.1) is 21.4 Å². The minimum absolute atomic E-state index is 0.00411. The fourth-order valence-electron chi connectivity index (χ4n) is 3.47. The zero-order chi connectivity index (χ0) is 23.3. The van der Waals surface area contributed by atoms with Crippen LogP contribution in [0.4, 0.5) is 5.69 Å². The standard InChI is InChI=1S/C22H23ClN4O4S2/c23-18-11-10-17(33(29,30)27-12-6-1-2-7-13-27)14-19(18)24-20(28)15-32-22-26-25-21(31-22)16-8-4-3-5-9-16/h3-5,8-11,14H,1-2,6-7,12-13,15H2,(H,24,28). The van der Waals surface area contributed by atoms with E-state index in [1.807, 2.05) is 30.3 Å². The fourth-order valence-corrected chi connectivity index (χ4v) is 5.74. The highest BCUT2D eigenvalue weighted by Crippen LogP contribution is 2.29. The molecule has 0 radical (unpaired) electrons. The summed E-state index contributed by atoms with van der Waals surface area (Å²) in [6.07, 6.45) is 3.74. The predicted octanol–water partition coefficient (Wildman–Crippen LogP) is 4.69. The van der Waals surface area contributed by atoms with Crippen LogP contribution >= 0.6 is 23.4 Å². The molecule has 1 aliphatic rings. The summed E-state index contributed by atoms with van der Waals surface area (Å²) in [5.41, 5.74) is 1.03. The maximum absolute atomic E-state index is 13.1. The van der Waals surface area contributed by atoms with Gasteiger partial charge in [0, 0.05) is 18.7 Å². The molecule has 1 N–H and O–H groups in total. The first-order valence-electron chi connectivity index (χ1n) is 10.5. The summed E-state index contributed by atoms with van der Waals surface area (Å²) in [6, 6.07) is 13.7. The third-order valence-corrected chi connectivity index (χ3v) is 8.21. The smallest absolute Gasteiger partial charge is 0.277 e.